The van der Waals surface area contributed by atoms with Crippen LogP contribution in [-0.4, -0.2) is 10.9 Å². The number of nitrogens with one attached hydrogen (secondary N) is 2. The van der Waals surface area contributed by atoms with E-state index in [-0.39, 0.29) is 5.91 Å². The zero-order valence-electron chi connectivity index (χ0n) is 10.1. The van der Waals surface area contributed by atoms with Gasteiger partial charge < -0.3 is 10.3 Å². The van der Waals surface area contributed by atoms with Crippen molar-refractivity contribution in [3.05, 3.63) is 36.0 Å². The first-order valence-corrected chi connectivity index (χ1v) is 6.13. The molecule has 0 unspecified atom stereocenters. The Balaban J connectivity index is 1.92. The molecule has 3 heteroatoms. The molecule has 1 amide bonds. The summed E-state index contributed by atoms with van der Waals surface area (Å²) in [6, 6.07) is 10.2. The van der Waals surface area contributed by atoms with Crippen molar-refractivity contribution in [3.8, 4) is 0 Å². The quantitative estimate of drug-likeness (QED) is 0.815. The first-order chi connectivity index (χ1) is 8.29. The number of aromatic nitrogens is 1. The van der Waals surface area contributed by atoms with Gasteiger partial charge in [-0.3, -0.25) is 4.79 Å². The molecule has 0 fully saturated rings. The van der Waals surface area contributed by atoms with E-state index in [4.69, 9.17) is 0 Å². The number of carbonyl (C=O) groups is 1. The number of carbonyl (C=O) groups excluding carboxylic acids is 1. The first-order valence-electron chi connectivity index (χ1n) is 6.13. The fourth-order valence-corrected chi connectivity index (χ4v) is 1.85. The fraction of sp³-hybridized carbons (Fsp3) is 0.357. The van der Waals surface area contributed by atoms with Gasteiger partial charge in [-0.05, 0) is 23.9 Å². The second kappa shape index (κ2) is 5.53. The molecule has 0 spiro atoms. The average Bonchev–Trinajstić information content (AvgIpc) is 2.76. The molecule has 0 saturated carbocycles. The first kappa shape index (κ1) is 11.7. The van der Waals surface area contributed by atoms with E-state index in [1.807, 2.05) is 18.2 Å². The van der Waals surface area contributed by atoms with E-state index < -0.39 is 0 Å². The molecular formula is C14H18N2O. The maximum absolute atomic E-state index is 11.5. The topological polar surface area (TPSA) is 44.9 Å². The number of hydrogen-bond acceptors (Lipinski definition) is 1. The molecule has 0 aliphatic carbocycles. The summed E-state index contributed by atoms with van der Waals surface area (Å²) in [5, 5.41) is 4.11. The summed E-state index contributed by atoms with van der Waals surface area (Å²) in [7, 11) is 0. The average molecular weight is 230 g/mol. The van der Waals surface area contributed by atoms with Crippen LogP contribution in [0.2, 0.25) is 0 Å². The summed E-state index contributed by atoms with van der Waals surface area (Å²) in [6.45, 7) is 2.67. The maximum atomic E-state index is 11.5. The van der Waals surface area contributed by atoms with Gasteiger partial charge in [0.15, 0.2) is 0 Å². The highest BCUT2D eigenvalue weighted by atomic mass is 16.1. The standard InChI is InChI=1S/C14H18N2O/c1-2-3-8-14(17)15-10-12-9-11-6-4-5-7-13(11)16-12/h4-7,9,16H,2-3,8,10H2,1H3,(H,15,17). The highest BCUT2D eigenvalue weighted by Crippen LogP contribution is 2.14. The van der Waals surface area contributed by atoms with Crippen LogP contribution in [0.25, 0.3) is 10.9 Å². The van der Waals surface area contributed by atoms with Crippen molar-refractivity contribution in [1.29, 1.82) is 0 Å². The third-order valence-corrected chi connectivity index (χ3v) is 2.82. The summed E-state index contributed by atoms with van der Waals surface area (Å²) in [5.74, 6) is 0.130. The molecular weight excluding hydrogens is 212 g/mol. The molecule has 1 aromatic carbocycles. The number of amides is 1. The number of H-pyrrole nitrogens is 1. The van der Waals surface area contributed by atoms with Crippen molar-refractivity contribution < 1.29 is 4.79 Å². The smallest absolute Gasteiger partial charge is 0.220 e. The number of benzene rings is 1. The van der Waals surface area contributed by atoms with Crippen LogP contribution in [0.3, 0.4) is 0 Å². The van der Waals surface area contributed by atoms with E-state index in [1.54, 1.807) is 0 Å². The molecule has 2 aromatic rings. The van der Waals surface area contributed by atoms with Gasteiger partial charge in [-0.2, -0.15) is 0 Å². The van der Waals surface area contributed by atoms with Crippen molar-refractivity contribution in [3.63, 3.8) is 0 Å². The largest absolute Gasteiger partial charge is 0.357 e. The van der Waals surface area contributed by atoms with Crippen molar-refractivity contribution in [2.75, 3.05) is 0 Å². The van der Waals surface area contributed by atoms with Gasteiger partial charge in [0.25, 0.3) is 0 Å². The predicted molar refractivity (Wildman–Crippen MR) is 69.7 cm³/mol. The minimum Gasteiger partial charge on any atom is -0.357 e. The van der Waals surface area contributed by atoms with Gasteiger partial charge in [-0.1, -0.05) is 31.5 Å². The van der Waals surface area contributed by atoms with Crippen molar-refractivity contribution in [1.82, 2.24) is 10.3 Å². The lowest BCUT2D eigenvalue weighted by molar-refractivity contribution is -0.121. The highest BCUT2D eigenvalue weighted by Gasteiger charge is 2.02. The monoisotopic (exact) mass is 230 g/mol. The Labute approximate surface area is 101 Å². The van der Waals surface area contributed by atoms with E-state index in [0.717, 1.165) is 24.1 Å². The van der Waals surface area contributed by atoms with Crippen LogP contribution >= 0.6 is 0 Å². The van der Waals surface area contributed by atoms with Crippen LogP contribution in [-0.2, 0) is 11.3 Å². The maximum Gasteiger partial charge on any atom is 0.220 e. The van der Waals surface area contributed by atoms with Gasteiger partial charge in [0, 0.05) is 17.6 Å². The third kappa shape index (κ3) is 3.09. The van der Waals surface area contributed by atoms with Crippen LogP contribution in [0, 0.1) is 0 Å². The minimum absolute atomic E-state index is 0.130. The van der Waals surface area contributed by atoms with E-state index in [1.165, 1.54) is 5.39 Å². The lowest BCUT2D eigenvalue weighted by Crippen LogP contribution is -2.22. The second-order valence-electron chi connectivity index (χ2n) is 4.26. The number of fused-ring (bicyclic) bond motifs is 1. The Hall–Kier alpha value is -1.77. The van der Waals surface area contributed by atoms with Gasteiger partial charge in [-0.25, -0.2) is 0 Å². The van der Waals surface area contributed by atoms with Crippen molar-refractivity contribution in [2.24, 2.45) is 0 Å². The number of para-hydroxylation sites is 1. The Kier molecular flexibility index (Phi) is 3.81. The second-order valence-corrected chi connectivity index (χ2v) is 4.26. The van der Waals surface area contributed by atoms with Gasteiger partial charge >= 0.3 is 0 Å². The molecule has 0 aliphatic heterocycles. The molecule has 2 N–H and O–H groups in total. The number of unbranched alkanes of at least 4 members (excludes halogenated alkanes) is 1. The molecule has 0 radical (unpaired) electrons. The van der Waals surface area contributed by atoms with E-state index in [2.05, 4.69) is 29.4 Å². The third-order valence-electron chi connectivity index (χ3n) is 2.82. The Morgan fingerprint density at radius 1 is 1.35 bits per heavy atom. The number of rotatable bonds is 5. The fourth-order valence-electron chi connectivity index (χ4n) is 1.85. The van der Waals surface area contributed by atoms with Gasteiger partial charge in [-0.15, -0.1) is 0 Å². The molecule has 0 aliphatic rings. The molecule has 0 bridgehead atoms. The molecule has 3 nitrogen and oxygen atoms in total. The van der Waals surface area contributed by atoms with Gasteiger partial charge in [0.05, 0.1) is 6.54 Å². The Bertz CT molecular complexity index is 469. The zero-order valence-corrected chi connectivity index (χ0v) is 10.1. The lowest BCUT2D eigenvalue weighted by atomic mass is 10.2. The zero-order chi connectivity index (χ0) is 12.1. The van der Waals surface area contributed by atoms with E-state index in [0.29, 0.717) is 13.0 Å². The van der Waals surface area contributed by atoms with Crippen LogP contribution in [0.1, 0.15) is 31.9 Å². The van der Waals surface area contributed by atoms with Crippen molar-refractivity contribution >= 4 is 16.8 Å². The molecule has 2 rings (SSSR count). The lowest BCUT2D eigenvalue weighted by Gasteiger charge is -2.02. The molecule has 0 saturated heterocycles. The van der Waals surface area contributed by atoms with Crippen LogP contribution < -0.4 is 5.32 Å². The molecule has 1 heterocycles. The summed E-state index contributed by atoms with van der Waals surface area (Å²) < 4.78 is 0. The molecule has 90 valence electrons. The minimum atomic E-state index is 0.130. The Morgan fingerprint density at radius 2 is 2.18 bits per heavy atom. The van der Waals surface area contributed by atoms with Crippen LogP contribution in [0.4, 0.5) is 0 Å². The number of hydrogen-bond donors (Lipinski definition) is 2. The van der Waals surface area contributed by atoms with Crippen LogP contribution in [0.5, 0.6) is 0 Å². The SMILES string of the molecule is CCCCC(=O)NCc1cc2ccccc2[nH]1. The Morgan fingerprint density at radius 3 is 2.94 bits per heavy atom. The summed E-state index contributed by atoms with van der Waals surface area (Å²) in [5.41, 5.74) is 2.17. The molecule has 0 atom stereocenters. The van der Waals surface area contributed by atoms with Gasteiger partial charge in [0.2, 0.25) is 5.91 Å². The number of aromatic amines is 1. The normalized spacial score (nSPS) is 10.6. The molecule has 17 heavy (non-hydrogen) atoms. The molecule has 1 aromatic heterocycles. The summed E-state index contributed by atoms with van der Waals surface area (Å²) >= 11 is 0. The van der Waals surface area contributed by atoms with Crippen LogP contribution in [0.15, 0.2) is 30.3 Å². The van der Waals surface area contributed by atoms with Crippen molar-refractivity contribution in [2.45, 2.75) is 32.7 Å². The summed E-state index contributed by atoms with van der Waals surface area (Å²) in [6.07, 6.45) is 2.63. The van der Waals surface area contributed by atoms with E-state index in [9.17, 15) is 4.79 Å². The predicted octanol–water partition coefficient (Wildman–Crippen LogP) is 2.97. The van der Waals surface area contributed by atoms with E-state index >= 15 is 0 Å². The van der Waals surface area contributed by atoms with Gasteiger partial charge in [0.1, 0.15) is 0 Å². The summed E-state index contributed by atoms with van der Waals surface area (Å²) in [4.78, 5) is 14.8. The highest BCUT2D eigenvalue weighted by molar-refractivity contribution is 5.80.